The van der Waals surface area contributed by atoms with Crippen LogP contribution >= 0.6 is 15.9 Å². The first-order valence-electron chi connectivity index (χ1n) is 6.22. The number of benzene rings is 1. The molecule has 1 aromatic heterocycles. The van der Waals surface area contributed by atoms with Crippen molar-refractivity contribution in [2.75, 3.05) is 12.4 Å². The number of carbonyl (C=O) groups excluding carboxylic acids is 1. The number of hydrogen-bond donors (Lipinski definition) is 2. The quantitative estimate of drug-likeness (QED) is 0.896. The van der Waals surface area contributed by atoms with Crippen molar-refractivity contribution in [3.05, 3.63) is 40.1 Å². The Morgan fingerprint density at radius 1 is 1.40 bits per heavy atom. The van der Waals surface area contributed by atoms with Crippen molar-refractivity contribution < 1.29 is 9.53 Å². The Balaban J connectivity index is 2.24. The van der Waals surface area contributed by atoms with Crippen LogP contribution in [0, 0.1) is 0 Å². The van der Waals surface area contributed by atoms with Crippen molar-refractivity contribution in [1.82, 2.24) is 10.2 Å². The van der Waals surface area contributed by atoms with Crippen LogP contribution in [0.5, 0.6) is 5.75 Å². The lowest BCUT2D eigenvalue weighted by Gasteiger charge is -2.08. The number of nitrogens with zero attached hydrogens (tertiary/aromatic N) is 1. The van der Waals surface area contributed by atoms with Crippen LogP contribution in [0.2, 0.25) is 0 Å². The molecular formula is C14H16BrN3O2. The number of amides is 1. The normalized spacial score (nSPS) is 10.7. The van der Waals surface area contributed by atoms with Gasteiger partial charge in [0, 0.05) is 0 Å². The molecule has 0 saturated heterocycles. The second-order valence-electron chi connectivity index (χ2n) is 4.61. The number of hydrogen-bond acceptors (Lipinski definition) is 3. The molecule has 0 spiro atoms. The Kier molecular flexibility index (Phi) is 4.44. The van der Waals surface area contributed by atoms with Gasteiger partial charge in [-0.1, -0.05) is 26.0 Å². The second-order valence-corrected chi connectivity index (χ2v) is 5.40. The number of aromatic amines is 1. The van der Waals surface area contributed by atoms with Gasteiger partial charge in [-0.2, -0.15) is 5.10 Å². The molecule has 0 atom stereocenters. The summed E-state index contributed by atoms with van der Waals surface area (Å²) in [4.78, 5) is 12.3. The summed E-state index contributed by atoms with van der Waals surface area (Å²) in [5.41, 5.74) is 1.84. The number of nitrogens with one attached hydrogen (secondary N) is 2. The summed E-state index contributed by atoms with van der Waals surface area (Å²) in [7, 11) is 1.56. The molecular weight excluding hydrogens is 322 g/mol. The van der Waals surface area contributed by atoms with Crippen LogP contribution in [0.3, 0.4) is 0 Å². The van der Waals surface area contributed by atoms with E-state index in [1.54, 1.807) is 19.2 Å². The van der Waals surface area contributed by atoms with E-state index in [1.807, 2.05) is 26.0 Å². The number of methoxy groups -OCH3 is 1. The topological polar surface area (TPSA) is 67.0 Å². The molecule has 0 aliphatic carbocycles. The van der Waals surface area contributed by atoms with Gasteiger partial charge in [-0.05, 0) is 34.0 Å². The summed E-state index contributed by atoms with van der Waals surface area (Å²) in [5.74, 6) is 0.575. The van der Waals surface area contributed by atoms with E-state index in [4.69, 9.17) is 4.74 Å². The summed E-state index contributed by atoms with van der Waals surface area (Å²) in [6.07, 6.45) is 0. The molecule has 0 fully saturated rings. The minimum atomic E-state index is -0.287. The molecule has 1 aromatic carbocycles. The van der Waals surface area contributed by atoms with Gasteiger partial charge >= 0.3 is 0 Å². The number of ether oxygens (including phenoxy) is 1. The number of aromatic nitrogens is 2. The maximum atomic E-state index is 12.3. The van der Waals surface area contributed by atoms with Crippen molar-refractivity contribution in [3.63, 3.8) is 0 Å². The van der Waals surface area contributed by atoms with Crippen molar-refractivity contribution in [1.29, 1.82) is 0 Å². The zero-order valence-electron chi connectivity index (χ0n) is 11.5. The van der Waals surface area contributed by atoms with Crippen LogP contribution in [-0.2, 0) is 0 Å². The first-order chi connectivity index (χ1) is 9.54. The van der Waals surface area contributed by atoms with Gasteiger partial charge in [-0.15, -0.1) is 0 Å². The largest absolute Gasteiger partial charge is 0.495 e. The van der Waals surface area contributed by atoms with E-state index in [9.17, 15) is 4.79 Å². The molecule has 1 amide bonds. The zero-order chi connectivity index (χ0) is 14.7. The highest BCUT2D eigenvalue weighted by atomic mass is 79.9. The zero-order valence-corrected chi connectivity index (χ0v) is 13.1. The monoisotopic (exact) mass is 337 g/mol. The lowest BCUT2D eigenvalue weighted by Crippen LogP contribution is -2.13. The highest BCUT2D eigenvalue weighted by Gasteiger charge is 2.20. The van der Waals surface area contributed by atoms with Gasteiger partial charge in [0.2, 0.25) is 0 Å². The number of para-hydroxylation sites is 2. The first-order valence-corrected chi connectivity index (χ1v) is 7.02. The van der Waals surface area contributed by atoms with Gasteiger partial charge in [0.15, 0.2) is 5.69 Å². The van der Waals surface area contributed by atoms with Crippen LogP contribution in [-0.4, -0.2) is 23.2 Å². The number of rotatable bonds is 4. The minimum Gasteiger partial charge on any atom is -0.495 e. The molecule has 0 aliphatic heterocycles. The van der Waals surface area contributed by atoms with E-state index in [0.717, 1.165) is 5.69 Å². The third-order valence-electron chi connectivity index (χ3n) is 2.88. The Bertz CT molecular complexity index is 623. The third-order valence-corrected chi connectivity index (χ3v) is 3.68. The number of anilines is 1. The average Bonchev–Trinajstić information content (AvgIpc) is 2.81. The van der Waals surface area contributed by atoms with Crippen molar-refractivity contribution in [2.24, 2.45) is 0 Å². The van der Waals surface area contributed by atoms with Gasteiger partial charge in [-0.25, -0.2) is 0 Å². The van der Waals surface area contributed by atoms with Crippen LogP contribution in [0.1, 0.15) is 35.9 Å². The smallest absolute Gasteiger partial charge is 0.277 e. The Morgan fingerprint density at radius 2 is 2.10 bits per heavy atom. The number of H-pyrrole nitrogens is 1. The van der Waals surface area contributed by atoms with Gasteiger partial charge in [0.1, 0.15) is 5.75 Å². The molecule has 0 radical (unpaired) electrons. The van der Waals surface area contributed by atoms with Crippen molar-refractivity contribution in [2.45, 2.75) is 19.8 Å². The second kappa shape index (κ2) is 6.09. The fourth-order valence-corrected chi connectivity index (χ4v) is 2.62. The van der Waals surface area contributed by atoms with Crippen molar-refractivity contribution >= 4 is 27.5 Å². The fraction of sp³-hybridized carbons (Fsp3) is 0.286. The van der Waals surface area contributed by atoms with Gasteiger partial charge in [-0.3, -0.25) is 9.89 Å². The molecule has 20 heavy (non-hydrogen) atoms. The summed E-state index contributed by atoms with van der Waals surface area (Å²) in [6.45, 7) is 4.06. The molecule has 0 unspecified atom stereocenters. The SMILES string of the molecule is COc1ccccc1NC(=O)c1n[nH]c(C(C)C)c1Br. The summed E-state index contributed by atoms with van der Waals surface area (Å²) in [5, 5.41) is 9.74. The lowest BCUT2D eigenvalue weighted by atomic mass is 10.1. The molecule has 2 rings (SSSR count). The maximum absolute atomic E-state index is 12.3. The van der Waals surface area contributed by atoms with Crippen LogP contribution < -0.4 is 10.1 Å². The molecule has 5 nitrogen and oxygen atoms in total. The lowest BCUT2D eigenvalue weighted by molar-refractivity contribution is 0.102. The van der Waals surface area contributed by atoms with E-state index < -0.39 is 0 Å². The highest BCUT2D eigenvalue weighted by molar-refractivity contribution is 9.10. The van der Waals surface area contributed by atoms with Gasteiger partial charge < -0.3 is 10.1 Å². The van der Waals surface area contributed by atoms with Crippen LogP contribution in [0.4, 0.5) is 5.69 Å². The molecule has 1 heterocycles. The molecule has 0 aliphatic rings. The third kappa shape index (κ3) is 2.85. The molecule has 2 aromatic rings. The number of carbonyl (C=O) groups is 1. The Labute approximate surface area is 125 Å². The first kappa shape index (κ1) is 14.6. The molecule has 0 bridgehead atoms. The van der Waals surface area contributed by atoms with E-state index in [0.29, 0.717) is 21.6 Å². The van der Waals surface area contributed by atoms with Gasteiger partial charge in [0.25, 0.3) is 5.91 Å². The van der Waals surface area contributed by atoms with E-state index in [-0.39, 0.29) is 11.8 Å². The fourth-order valence-electron chi connectivity index (χ4n) is 1.80. The number of halogens is 1. The predicted octanol–water partition coefficient (Wildman–Crippen LogP) is 3.56. The molecule has 6 heteroatoms. The van der Waals surface area contributed by atoms with E-state index in [1.165, 1.54) is 0 Å². The molecule has 106 valence electrons. The van der Waals surface area contributed by atoms with Crippen LogP contribution in [0.15, 0.2) is 28.7 Å². The Hall–Kier alpha value is -1.82. The minimum absolute atomic E-state index is 0.254. The van der Waals surface area contributed by atoms with E-state index >= 15 is 0 Å². The maximum Gasteiger partial charge on any atom is 0.277 e. The predicted molar refractivity (Wildman–Crippen MR) is 81.3 cm³/mol. The molecule has 0 saturated carbocycles. The average molecular weight is 338 g/mol. The summed E-state index contributed by atoms with van der Waals surface area (Å²) < 4.78 is 5.90. The summed E-state index contributed by atoms with van der Waals surface area (Å²) >= 11 is 3.42. The highest BCUT2D eigenvalue weighted by Crippen LogP contribution is 2.28. The van der Waals surface area contributed by atoms with Crippen molar-refractivity contribution in [3.8, 4) is 5.75 Å². The molecule has 2 N–H and O–H groups in total. The summed E-state index contributed by atoms with van der Waals surface area (Å²) in [6, 6.07) is 7.24. The standard InChI is InChI=1S/C14H16BrN3O2/c1-8(2)12-11(15)13(18-17-12)14(19)16-9-6-4-5-7-10(9)20-3/h4-8H,1-3H3,(H,16,19)(H,17,18). The van der Waals surface area contributed by atoms with Crippen LogP contribution in [0.25, 0.3) is 0 Å². The van der Waals surface area contributed by atoms with Gasteiger partial charge in [0.05, 0.1) is 23.0 Å². The van der Waals surface area contributed by atoms with E-state index in [2.05, 4.69) is 31.4 Å². The Morgan fingerprint density at radius 3 is 2.70 bits per heavy atom.